The van der Waals surface area contributed by atoms with Gasteiger partial charge in [0, 0.05) is 30.1 Å². The molecule has 15 N–H and O–H groups in total. The number of ketones is 1. The molecule has 4 aliphatic carbocycles. The molecule has 36 unspecified atom stereocenters. The topological polar surface area (TPSA) is 431 Å². The fourth-order valence-corrected chi connectivity index (χ4v) is 16.8. The number of aliphatic hydroxyl groups is 15. The number of carbonyl (C=O) groups excluding carboxylic acids is 1. The molecule has 7 aliphatic heterocycles. The Morgan fingerprint density at radius 1 is 0.530 bits per heavy atom. The molecule has 0 bridgehead atoms. The average molecular weight is 1200 g/mol. The van der Waals surface area contributed by atoms with Crippen LogP contribution >= 0.6 is 0 Å². The maximum absolute atomic E-state index is 14.9. The van der Waals surface area contributed by atoms with Crippen LogP contribution in [0.4, 0.5) is 0 Å². The van der Waals surface area contributed by atoms with E-state index in [1.807, 2.05) is 0 Å². The summed E-state index contributed by atoms with van der Waals surface area (Å²) in [5.41, 5.74) is -1.15. The summed E-state index contributed by atoms with van der Waals surface area (Å²) in [7, 11) is 0. The van der Waals surface area contributed by atoms with Crippen molar-refractivity contribution in [3.63, 3.8) is 0 Å². The van der Waals surface area contributed by atoms with Crippen LogP contribution in [-0.2, 0) is 61.6 Å². The highest BCUT2D eigenvalue weighted by Gasteiger charge is 2.72. The summed E-state index contributed by atoms with van der Waals surface area (Å²) in [6.07, 6.45) is -39.3. The highest BCUT2D eigenvalue weighted by Crippen LogP contribution is 2.70. The van der Waals surface area contributed by atoms with Gasteiger partial charge in [-0.2, -0.15) is 0 Å². The van der Waals surface area contributed by atoms with E-state index in [2.05, 4.69) is 27.7 Å². The molecule has 11 fully saturated rings. The third-order valence-electron chi connectivity index (χ3n) is 21.6. The Kier molecular flexibility index (Phi) is 18.6. The lowest BCUT2D eigenvalue weighted by Gasteiger charge is -2.61. The molecule has 0 amide bonds. The number of rotatable bonds is 13. The smallest absolute Gasteiger partial charge is 0.187 e. The summed E-state index contributed by atoms with van der Waals surface area (Å²) in [4.78, 5) is 14.9. The summed E-state index contributed by atoms with van der Waals surface area (Å²) in [6.45, 7) is 5.43. The maximum atomic E-state index is 14.9. The zero-order chi connectivity index (χ0) is 59.5. The van der Waals surface area contributed by atoms with Crippen molar-refractivity contribution in [2.24, 2.45) is 52.3 Å². The number of ether oxygens (including phenoxy) is 12. The second kappa shape index (κ2) is 24.4. The minimum atomic E-state index is -2.09. The van der Waals surface area contributed by atoms with Gasteiger partial charge in [0.1, 0.15) is 116 Å². The zero-order valence-electron chi connectivity index (χ0n) is 47.0. The molecule has 28 nitrogen and oxygen atoms in total. The van der Waals surface area contributed by atoms with E-state index in [9.17, 15) is 81.4 Å². The van der Waals surface area contributed by atoms with Crippen LogP contribution in [0, 0.1) is 52.3 Å². The van der Waals surface area contributed by atoms with Gasteiger partial charge in [-0.05, 0) is 73.5 Å². The summed E-state index contributed by atoms with van der Waals surface area (Å²) in [6, 6.07) is 0. The van der Waals surface area contributed by atoms with Crippen LogP contribution in [0.3, 0.4) is 0 Å². The molecule has 36 atom stereocenters. The first-order valence-electron chi connectivity index (χ1n) is 29.7. The summed E-state index contributed by atoms with van der Waals surface area (Å²) in [5, 5.41) is 165. The predicted molar refractivity (Wildman–Crippen MR) is 271 cm³/mol. The Balaban J connectivity index is 0.842. The summed E-state index contributed by atoms with van der Waals surface area (Å²) < 4.78 is 72.7. The van der Waals surface area contributed by atoms with Crippen molar-refractivity contribution in [1.82, 2.24) is 0 Å². The Bertz CT molecular complexity index is 2210. The molecule has 11 aliphatic rings. The molecule has 83 heavy (non-hydrogen) atoms. The number of hydrogen-bond acceptors (Lipinski definition) is 28. The van der Waals surface area contributed by atoms with Crippen LogP contribution in [0.25, 0.3) is 0 Å². The van der Waals surface area contributed by atoms with Crippen molar-refractivity contribution in [1.29, 1.82) is 0 Å². The Morgan fingerprint density at radius 3 is 1.61 bits per heavy atom. The number of aliphatic hydroxyl groups excluding tert-OH is 15. The van der Waals surface area contributed by atoms with E-state index in [1.165, 1.54) is 0 Å². The first-order valence-corrected chi connectivity index (χ1v) is 29.7. The van der Waals surface area contributed by atoms with Crippen LogP contribution in [-0.4, -0.2) is 287 Å². The molecule has 1 spiro atoms. The van der Waals surface area contributed by atoms with Crippen molar-refractivity contribution < 1.29 is 138 Å². The van der Waals surface area contributed by atoms with Gasteiger partial charge in [-0.3, -0.25) is 4.79 Å². The van der Waals surface area contributed by atoms with Gasteiger partial charge >= 0.3 is 0 Å². The minimum Gasteiger partial charge on any atom is -0.394 e. The van der Waals surface area contributed by atoms with Crippen LogP contribution in [0.15, 0.2) is 0 Å². The van der Waals surface area contributed by atoms with E-state index in [0.717, 1.165) is 32.1 Å². The number of hydrogen-bond donors (Lipinski definition) is 15. The largest absolute Gasteiger partial charge is 0.394 e. The fourth-order valence-electron chi connectivity index (χ4n) is 16.8. The van der Waals surface area contributed by atoms with Crippen LogP contribution < -0.4 is 0 Å². The molecule has 0 aromatic carbocycles. The lowest BCUT2D eigenvalue weighted by molar-refractivity contribution is -0.403. The second-order valence-electron chi connectivity index (χ2n) is 26.3. The highest BCUT2D eigenvalue weighted by atomic mass is 16.8. The van der Waals surface area contributed by atoms with Gasteiger partial charge in [0.15, 0.2) is 37.2 Å². The molecular weight excluding hydrogens is 1110 g/mol. The van der Waals surface area contributed by atoms with Crippen molar-refractivity contribution in [2.45, 2.75) is 244 Å². The molecule has 476 valence electrons. The van der Waals surface area contributed by atoms with Crippen molar-refractivity contribution >= 4 is 5.78 Å². The van der Waals surface area contributed by atoms with Crippen molar-refractivity contribution in [3.05, 3.63) is 0 Å². The van der Waals surface area contributed by atoms with E-state index < -0.39 is 203 Å². The number of Topliss-reactive ketones (excluding diaryl/α,β-unsaturated/α-hetero) is 1. The molecule has 28 heteroatoms. The zero-order valence-corrected chi connectivity index (χ0v) is 47.0. The van der Waals surface area contributed by atoms with Gasteiger partial charge in [0.2, 0.25) is 0 Å². The van der Waals surface area contributed by atoms with E-state index in [-0.39, 0.29) is 60.2 Å². The molecular formula is C55H88O28. The van der Waals surface area contributed by atoms with Crippen molar-refractivity contribution in [2.75, 3.05) is 39.6 Å². The molecule has 7 heterocycles. The highest BCUT2D eigenvalue weighted by molar-refractivity contribution is 5.87. The quantitative estimate of drug-likeness (QED) is 0.0765. The van der Waals surface area contributed by atoms with Crippen LogP contribution in [0.1, 0.15) is 79.1 Å². The molecule has 4 saturated carbocycles. The van der Waals surface area contributed by atoms with Gasteiger partial charge in [-0.25, -0.2) is 0 Å². The predicted octanol–water partition coefficient (Wildman–Crippen LogP) is -5.66. The lowest BCUT2D eigenvalue weighted by atomic mass is 9.43. The van der Waals surface area contributed by atoms with Gasteiger partial charge < -0.3 is 133 Å². The van der Waals surface area contributed by atoms with E-state index in [1.54, 1.807) is 0 Å². The SMILES string of the molecule is CC1CCC2(OC1)OC1CC3C4CCC5CC(OC6OC(CO)C(OC7OC(CO)C(O)C(OC8OCC(O)C(O)C8O)C7O)C(O)C6OC6OC(CO)C(O)C(OC7OCC(O)C(O)C7O)C6O)C(O)CC5(C)C4CC(=O)C3(C)C1C2C. The summed E-state index contributed by atoms with van der Waals surface area (Å²) in [5.74, 6) is 0.0183. The lowest BCUT2D eigenvalue weighted by Crippen LogP contribution is -2.68. The third kappa shape index (κ3) is 10.9. The fraction of sp³-hybridized carbons (Fsp3) is 0.982. The molecule has 0 aromatic heterocycles. The average Bonchev–Trinajstić information content (AvgIpc) is 1.63. The normalized spacial score (nSPS) is 57.4. The molecule has 7 saturated heterocycles. The van der Waals surface area contributed by atoms with Gasteiger partial charge in [0.25, 0.3) is 0 Å². The van der Waals surface area contributed by atoms with Gasteiger partial charge in [-0.15, -0.1) is 0 Å². The van der Waals surface area contributed by atoms with Gasteiger partial charge in [-0.1, -0.05) is 27.7 Å². The van der Waals surface area contributed by atoms with Gasteiger partial charge in [0.05, 0.1) is 58.0 Å². The molecule has 0 radical (unpaired) electrons. The summed E-state index contributed by atoms with van der Waals surface area (Å²) >= 11 is 0. The molecule has 0 aromatic rings. The first kappa shape index (κ1) is 63.2. The maximum Gasteiger partial charge on any atom is 0.187 e. The number of fused-ring (bicyclic) bond motifs is 7. The monoisotopic (exact) mass is 1200 g/mol. The van der Waals surface area contributed by atoms with Crippen molar-refractivity contribution in [3.8, 4) is 0 Å². The first-order chi connectivity index (χ1) is 39.4. The minimum absolute atomic E-state index is 0.00429. The standard InChI is InChI=1S/C55H88O28/c1-19-7-8-55(74-16-19)20(2)34-29(83-55)10-24-22-6-5-21-9-28(25(59)12-53(21,3)23(22)11-33(62)54(24,34)4)75-52-47(82-51-43(71)46(38(66)31(14-57)77-51)81-49-40(68)36(64)27(61)18-73-49)41(69)44(32(15-58)78-52)79-50-42(70)45(37(65)30(13-56)76-50)80-48-39(67)35(63)26(60)17-72-48/h19-32,34-52,56-61,63-71H,5-18H2,1-4H3. The van der Waals surface area contributed by atoms with E-state index in [4.69, 9.17) is 56.8 Å². The second-order valence-corrected chi connectivity index (χ2v) is 26.3. The Morgan fingerprint density at radius 2 is 1.07 bits per heavy atom. The van der Waals surface area contributed by atoms with E-state index >= 15 is 0 Å². The third-order valence-corrected chi connectivity index (χ3v) is 21.6. The number of carbonyl (C=O) groups is 1. The van der Waals surface area contributed by atoms with Crippen LogP contribution in [0.2, 0.25) is 0 Å². The van der Waals surface area contributed by atoms with Crippen LogP contribution in [0.5, 0.6) is 0 Å². The Labute approximate surface area is 479 Å². The molecule has 11 rings (SSSR count). The van der Waals surface area contributed by atoms with E-state index in [0.29, 0.717) is 18.9 Å². The Hall–Kier alpha value is -1.41.